The van der Waals surface area contributed by atoms with Gasteiger partial charge in [-0.25, -0.2) is 0 Å². The topological polar surface area (TPSA) is 59.8 Å². The van der Waals surface area contributed by atoms with Gasteiger partial charge in [0, 0.05) is 25.9 Å². The number of nitrogens with one attached hydrogen (secondary N) is 1. The lowest BCUT2D eigenvalue weighted by molar-refractivity contribution is 0.0954. The van der Waals surface area contributed by atoms with Crippen LogP contribution < -0.4 is 5.32 Å². The summed E-state index contributed by atoms with van der Waals surface area (Å²) in [6.45, 7) is 1.51. The molecule has 0 bridgehead atoms. The van der Waals surface area contributed by atoms with Gasteiger partial charge >= 0.3 is 0 Å². The maximum atomic E-state index is 12.1. The van der Waals surface area contributed by atoms with E-state index in [0.29, 0.717) is 23.6 Å². The Balaban J connectivity index is 1.59. The van der Waals surface area contributed by atoms with Crippen molar-refractivity contribution in [3.8, 4) is 0 Å². The quantitative estimate of drug-likeness (QED) is 0.942. The van der Waals surface area contributed by atoms with Gasteiger partial charge < -0.3 is 9.88 Å². The van der Waals surface area contributed by atoms with E-state index < -0.39 is 0 Å². The first-order valence-electron chi connectivity index (χ1n) is 7.69. The molecule has 1 aliphatic heterocycles. The second-order valence-electron chi connectivity index (χ2n) is 5.48. The number of aryl methyl sites for hydroxylation is 1. The van der Waals surface area contributed by atoms with Gasteiger partial charge in [0.1, 0.15) is 11.6 Å². The largest absolute Gasteiger partial charge is 0.352 e. The zero-order chi connectivity index (χ0) is 15.4. The normalized spacial score (nSPS) is 14.2. The van der Waals surface area contributed by atoms with Crippen molar-refractivity contribution in [2.24, 2.45) is 0 Å². The van der Waals surface area contributed by atoms with Gasteiger partial charge in [0.2, 0.25) is 0 Å². The van der Waals surface area contributed by atoms with Gasteiger partial charge in [-0.3, -0.25) is 4.79 Å². The third-order valence-electron chi connectivity index (χ3n) is 3.94. The van der Waals surface area contributed by atoms with Crippen molar-refractivity contribution in [3.63, 3.8) is 0 Å². The lowest BCUT2D eigenvalue weighted by Crippen LogP contribution is -2.26. The summed E-state index contributed by atoms with van der Waals surface area (Å²) in [5.74, 6) is 1.88. The summed E-state index contributed by atoms with van der Waals surface area (Å²) in [4.78, 5) is 12.1. The Hall–Kier alpha value is -1.88. The van der Waals surface area contributed by atoms with E-state index in [2.05, 4.69) is 20.1 Å². The molecule has 2 aromatic rings. The van der Waals surface area contributed by atoms with E-state index in [1.807, 2.05) is 6.07 Å². The predicted molar refractivity (Wildman–Crippen MR) is 85.1 cm³/mol. The van der Waals surface area contributed by atoms with Crippen LogP contribution in [0, 0.1) is 0 Å². The third-order valence-corrected chi connectivity index (χ3v) is 4.27. The number of rotatable bonds is 4. The van der Waals surface area contributed by atoms with Gasteiger partial charge in [-0.15, -0.1) is 10.2 Å². The molecule has 0 spiro atoms. The summed E-state index contributed by atoms with van der Waals surface area (Å²) in [6, 6.07) is 7.05. The first kappa shape index (κ1) is 15.0. The first-order valence-corrected chi connectivity index (χ1v) is 8.07. The number of benzene rings is 1. The molecule has 2 heterocycles. The SMILES string of the molecule is O=C(NCCc1nnc2n1CCCCC2)c1ccccc1Cl. The van der Waals surface area contributed by atoms with Crippen LogP contribution in [0.3, 0.4) is 0 Å². The minimum absolute atomic E-state index is 0.152. The molecule has 0 fully saturated rings. The second kappa shape index (κ2) is 6.92. The minimum Gasteiger partial charge on any atom is -0.352 e. The molecule has 1 amide bonds. The molecule has 1 aliphatic rings. The number of hydrogen-bond acceptors (Lipinski definition) is 3. The van der Waals surface area contributed by atoms with Crippen LogP contribution >= 0.6 is 11.6 Å². The van der Waals surface area contributed by atoms with E-state index in [9.17, 15) is 4.79 Å². The third kappa shape index (κ3) is 3.30. The number of fused-ring (bicyclic) bond motifs is 1. The molecule has 0 saturated carbocycles. The molecule has 0 atom stereocenters. The summed E-state index contributed by atoms with van der Waals surface area (Å²) < 4.78 is 2.20. The monoisotopic (exact) mass is 318 g/mol. The van der Waals surface area contributed by atoms with Crippen LogP contribution in [0.25, 0.3) is 0 Å². The summed E-state index contributed by atoms with van der Waals surface area (Å²) in [7, 11) is 0. The Bertz CT molecular complexity index is 668. The van der Waals surface area contributed by atoms with Crippen LogP contribution in [-0.4, -0.2) is 27.2 Å². The average Bonchev–Trinajstić information content (AvgIpc) is 2.75. The molecule has 0 unspecified atom stereocenters. The van der Waals surface area contributed by atoms with Crippen LogP contribution in [0.1, 0.15) is 41.3 Å². The average molecular weight is 319 g/mol. The Labute approximate surface area is 134 Å². The second-order valence-corrected chi connectivity index (χ2v) is 5.89. The molecular formula is C16H19ClN4O. The summed E-state index contributed by atoms with van der Waals surface area (Å²) >= 11 is 6.02. The maximum Gasteiger partial charge on any atom is 0.252 e. The highest BCUT2D eigenvalue weighted by molar-refractivity contribution is 6.33. The summed E-state index contributed by atoms with van der Waals surface area (Å²) in [6.07, 6.45) is 5.28. The molecule has 22 heavy (non-hydrogen) atoms. The van der Waals surface area contributed by atoms with Crippen molar-refractivity contribution in [3.05, 3.63) is 46.5 Å². The first-order chi connectivity index (χ1) is 10.8. The molecule has 1 N–H and O–H groups in total. The molecule has 1 aromatic carbocycles. The summed E-state index contributed by atoms with van der Waals surface area (Å²) in [5, 5.41) is 11.9. The van der Waals surface area contributed by atoms with E-state index >= 15 is 0 Å². The molecular weight excluding hydrogens is 300 g/mol. The molecule has 116 valence electrons. The fourth-order valence-electron chi connectivity index (χ4n) is 2.76. The maximum absolute atomic E-state index is 12.1. The number of amides is 1. The van der Waals surface area contributed by atoms with E-state index in [0.717, 1.165) is 24.6 Å². The van der Waals surface area contributed by atoms with Gasteiger partial charge in [0.15, 0.2) is 0 Å². The number of carbonyl (C=O) groups excluding carboxylic acids is 1. The van der Waals surface area contributed by atoms with Crippen LogP contribution in [-0.2, 0) is 19.4 Å². The predicted octanol–water partition coefficient (Wildman–Crippen LogP) is 2.63. The van der Waals surface area contributed by atoms with Crippen LogP contribution in [0.5, 0.6) is 0 Å². The van der Waals surface area contributed by atoms with Gasteiger partial charge in [-0.2, -0.15) is 0 Å². The van der Waals surface area contributed by atoms with E-state index in [-0.39, 0.29) is 5.91 Å². The van der Waals surface area contributed by atoms with Crippen molar-refractivity contribution < 1.29 is 4.79 Å². The Morgan fingerprint density at radius 2 is 2.09 bits per heavy atom. The van der Waals surface area contributed by atoms with Crippen molar-refractivity contribution in [2.45, 2.75) is 38.6 Å². The number of halogens is 1. The Morgan fingerprint density at radius 3 is 2.95 bits per heavy atom. The highest BCUT2D eigenvalue weighted by Crippen LogP contribution is 2.15. The lowest BCUT2D eigenvalue weighted by Gasteiger charge is -2.08. The zero-order valence-electron chi connectivity index (χ0n) is 12.4. The van der Waals surface area contributed by atoms with Gasteiger partial charge in [-0.05, 0) is 25.0 Å². The molecule has 0 radical (unpaired) electrons. The molecule has 1 aromatic heterocycles. The number of hydrogen-bond donors (Lipinski definition) is 1. The highest BCUT2D eigenvalue weighted by Gasteiger charge is 2.15. The fraction of sp³-hybridized carbons (Fsp3) is 0.438. The van der Waals surface area contributed by atoms with Crippen LogP contribution in [0.15, 0.2) is 24.3 Å². The fourth-order valence-corrected chi connectivity index (χ4v) is 2.98. The van der Waals surface area contributed by atoms with Crippen LogP contribution in [0.2, 0.25) is 5.02 Å². The van der Waals surface area contributed by atoms with Gasteiger partial charge in [0.25, 0.3) is 5.91 Å². The molecule has 0 aliphatic carbocycles. The van der Waals surface area contributed by atoms with Crippen LogP contribution in [0.4, 0.5) is 0 Å². The molecule has 6 heteroatoms. The highest BCUT2D eigenvalue weighted by atomic mass is 35.5. The number of aromatic nitrogens is 3. The van der Waals surface area contributed by atoms with Crippen molar-refractivity contribution in [1.29, 1.82) is 0 Å². The number of nitrogens with zero attached hydrogens (tertiary/aromatic N) is 3. The van der Waals surface area contributed by atoms with E-state index in [1.165, 1.54) is 19.3 Å². The standard InChI is InChI=1S/C16H19ClN4O/c17-13-7-4-3-6-12(13)16(22)18-10-9-15-20-19-14-8-2-1-5-11-21(14)15/h3-4,6-7H,1-2,5,8-11H2,(H,18,22). The minimum atomic E-state index is -0.152. The Kier molecular flexibility index (Phi) is 4.73. The van der Waals surface area contributed by atoms with E-state index in [4.69, 9.17) is 11.6 Å². The Morgan fingerprint density at radius 1 is 1.23 bits per heavy atom. The van der Waals surface area contributed by atoms with Gasteiger partial charge in [-0.1, -0.05) is 30.2 Å². The molecule has 0 saturated heterocycles. The smallest absolute Gasteiger partial charge is 0.252 e. The van der Waals surface area contributed by atoms with E-state index in [1.54, 1.807) is 18.2 Å². The molecule has 3 rings (SSSR count). The lowest BCUT2D eigenvalue weighted by atomic mass is 10.2. The summed E-state index contributed by atoms with van der Waals surface area (Å²) in [5.41, 5.74) is 0.504. The van der Waals surface area contributed by atoms with Crippen molar-refractivity contribution in [1.82, 2.24) is 20.1 Å². The number of carbonyl (C=O) groups is 1. The van der Waals surface area contributed by atoms with Gasteiger partial charge in [0.05, 0.1) is 10.6 Å². The van der Waals surface area contributed by atoms with Crippen molar-refractivity contribution >= 4 is 17.5 Å². The zero-order valence-corrected chi connectivity index (χ0v) is 13.1. The molecule has 5 nitrogen and oxygen atoms in total. The van der Waals surface area contributed by atoms with Crippen molar-refractivity contribution in [2.75, 3.05) is 6.54 Å².